The molecule has 0 spiro atoms. The van der Waals surface area contributed by atoms with Crippen LogP contribution < -0.4 is 0 Å². The molecule has 0 radical (unpaired) electrons. The molecule has 0 N–H and O–H groups in total. The molecule has 2 amide bonds. The molecule has 2 aliphatic rings. The highest BCUT2D eigenvalue weighted by molar-refractivity contribution is 5.81. The van der Waals surface area contributed by atoms with Crippen LogP contribution in [-0.4, -0.2) is 59.9 Å². The summed E-state index contributed by atoms with van der Waals surface area (Å²) in [5.74, 6) is 0.241. The van der Waals surface area contributed by atoms with Gasteiger partial charge in [-0.25, -0.2) is 0 Å². The van der Waals surface area contributed by atoms with Crippen LogP contribution in [0.3, 0.4) is 0 Å². The van der Waals surface area contributed by atoms with Gasteiger partial charge < -0.3 is 14.5 Å². The SMILES string of the molecule is CCOC(=O)C1CCN(C(=O)CCN(C(=O)C2CCC2)C(C)CC)CC1. The number of piperidine rings is 1. The van der Waals surface area contributed by atoms with Gasteiger partial charge in [-0.2, -0.15) is 0 Å². The van der Waals surface area contributed by atoms with Crippen LogP contribution in [0.25, 0.3) is 0 Å². The highest BCUT2D eigenvalue weighted by atomic mass is 16.5. The topological polar surface area (TPSA) is 66.9 Å². The Balaban J connectivity index is 1.80. The summed E-state index contributed by atoms with van der Waals surface area (Å²) < 4.78 is 5.07. The van der Waals surface area contributed by atoms with E-state index in [2.05, 4.69) is 13.8 Å². The molecule has 148 valence electrons. The number of hydrogen-bond donors (Lipinski definition) is 0. The highest BCUT2D eigenvalue weighted by Crippen LogP contribution is 2.29. The third-order valence-corrected chi connectivity index (χ3v) is 5.89. The lowest BCUT2D eigenvalue weighted by Crippen LogP contribution is -2.46. The molecule has 1 aliphatic heterocycles. The smallest absolute Gasteiger partial charge is 0.309 e. The summed E-state index contributed by atoms with van der Waals surface area (Å²) in [6.45, 7) is 8.05. The number of nitrogens with zero attached hydrogens (tertiary/aromatic N) is 2. The van der Waals surface area contributed by atoms with Crippen molar-refractivity contribution in [3.63, 3.8) is 0 Å². The third-order valence-electron chi connectivity index (χ3n) is 5.89. The Labute approximate surface area is 157 Å². The van der Waals surface area contributed by atoms with Gasteiger partial charge in [-0.1, -0.05) is 13.3 Å². The number of carbonyl (C=O) groups excluding carboxylic acids is 3. The predicted octanol–water partition coefficient (Wildman–Crippen LogP) is 2.61. The Morgan fingerprint density at radius 2 is 1.73 bits per heavy atom. The van der Waals surface area contributed by atoms with Crippen LogP contribution in [0.1, 0.15) is 65.7 Å². The number of amides is 2. The monoisotopic (exact) mass is 366 g/mol. The molecule has 6 heteroatoms. The maximum atomic E-state index is 12.6. The normalized spacial score (nSPS) is 19.6. The van der Waals surface area contributed by atoms with Crippen molar-refractivity contribution >= 4 is 17.8 Å². The van der Waals surface area contributed by atoms with Crippen LogP contribution in [0.5, 0.6) is 0 Å². The molecule has 1 atom stereocenters. The standard InChI is InChI=1S/C20H34N2O4/c1-4-15(3)22(19(24)16-7-6-8-16)14-11-18(23)21-12-9-17(10-13-21)20(25)26-5-2/h15-17H,4-14H2,1-3H3. The second kappa shape index (κ2) is 9.93. The summed E-state index contributed by atoms with van der Waals surface area (Å²) in [5.41, 5.74) is 0. The van der Waals surface area contributed by atoms with Crippen molar-refractivity contribution in [3.05, 3.63) is 0 Å². The van der Waals surface area contributed by atoms with Gasteiger partial charge in [0.1, 0.15) is 0 Å². The molecule has 0 aromatic rings. The molecule has 2 fully saturated rings. The zero-order valence-electron chi connectivity index (χ0n) is 16.5. The maximum absolute atomic E-state index is 12.6. The van der Waals surface area contributed by atoms with Gasteiger partial charge in [-0.3, -0.25) is 14.4 Å². The van der Waals surface area contributed by atoms with Gasteiger partial charge in [0, 0.05) is 38.0 Å². The van der Waals surface area contributed by atoms with E-state index in [1.165, 1.54) is 0 Å². The van der Waals surface area contributed by atoms with Crippen LogP contribution in [-0.2, 0) is 19.1 Å². The van der Waals surface area contributed by atoms with Crippen LogP contribution in [0.2, 0.25) is 0 Å². The van der Waals surface area contributed by atoms with Crippen LogP contribution in [0.15, 0.2) is 0 Å². The number of esters is 1. The molecule has 0 bridgehead atoms. The summed E-state index contributed by atoms with van der Waals surface area (Å²) in [7, 11) is 0. The van der Waals surface area contributed by atoms with Crippen LogP contribution >= 0.6 is 0 Å². The molecule has 1 aliphatic carbocycles. The Bertz CT molecular complexity index is 496. The first kappa shape index (κ1) is 20.7. The minimum absolute atomic E-state index is 0.0852. The maximum Gasteiger partial charge on any atom is 0.309 e. The largest absolute Gasteiger partial charge is 0.466 e. The van der Waals surface area contributed by atoms with Crippen molar-refractivity contribution in [1.82, 2.24) is 9.80 Å². The quantitative estimate of drug-likeness (QED) is 0.619. The van der Waals surface area contributed by atoms with Gasteiger partial charge >= 0.3 is 5.97 Å². The van der Waals surface area contributed by atoms with E-state index in [0.29, 0.717) is 45.5 Å². The molecular weight excluding hydrogens is 332 g/mol. The molecule has 1 saturated heterocycles. The van der Waals surface area contributed by atoms with Crippen molar-refractivity contribution < 1.29 is 19.1 Å². The lowest BCUT2D eigenvalue weighted by molar-refractivity contribution is -0.151. The van der Waals surface area contributed by atoms with Crippen molar-refractivity contribution in [3.8, 4) is 0 Å². The van der Waals surface area contributed by atoms with Crippen molar-refractivity contribution in [1.29, 1.82) is 0 Å². The van der Waals surface area contributed by atoms with E-state index in [-0.39, 0.29) is 35.7 Å². The first-order valence-corrected chi connectivity index (χ1v) is 10.2. The Kier molecular flexibility index (Phi) is 7.91. The Hall–Kier alpha value is -1.59. The fourth-order valence-electron chi connectivity index (χ4n) is 3.66. The van der Waals surface area contributed by atoms with E-state index >= 15 is 0 Å². The molecule has 26 heavy (non-hydrogen) atoms. The summed E-state index contributed by atoms with van der Waals surface area (Å²) in [6, 6.07) is 0.172. The second-order valence-corrected chi connectivity index (χ2v) is 7.57. The second-order valence-electron chi connectivity index (χ2n) is 7.57. The summed E-state index contributed by atoms with van der Waals surface area (Å²) in [6.07, 6.45) is 5.72. The van der Waals surface area contributed by atoms with Gasteiger partial charge in [0.25, 0.3) is 0 Å². The highest BCUT2D eigenvalue weighted by Gasteiger charge is 2.32. The van der Waals surface area contributed by atoms with Crippen LogP contribution in [0, 0.1) is 11.8 Å². The average molecular weight is 367 g/mol. The van der Waals surface area contributed by atoms with Crippen molar-refractivity contribution in [2.75, 3.05) is 26.2 Å². The fraction of sp³-hybridized carbons (Fsp3) is 0.850. The van der Waals surface area contributed by atoms with Gasteiger partial charge in [-0.05, 0) is 46.0 Å². The molecular formula is C20H34N2O4. The van der Waals surface area contributed by atoms with E-state index in [1.807, 2.05) is 16.7 Å². The minimum atomic E-state index is -0.145. The van der Waals surface area contributed by atoms with Crippen LogP contribution in [0.4, 0.5) is 0 Å². The molecule has 1 heterocycles. The van der Waals surface area contributed by atoms with Gasteiger partial charge in [0.15, 0.2) is 0 Å². The summed E-state index contributed by atoms with van der Waals surface area (Å²) in [5, 5.41) is 0. The number of carbonyl (C=O) groups is 3. The third kappa shape index (κ3) is 5.21. The molecule has 0 aromatic heterocycles. The zero-order chi connectivity index (χ0) is 19.1. The predicted molar refractivity (Wildman–Crippen MR) is 99.4 cm³/mol. The number of ether oxygens (including phenoxy) is 1. The van der Waals surface area contributed by atoms with E-state index in [4.69, 9.17) is 4.74 Å². The van der Waals surface area contributed by atoms with E-state index in [1.54, 1.807) is 0 Å². The number of hydrogen-bond acceptors (Lipinski definition) is 4. The van der Waals surface area contributed by atoms with Gasteiger partial charge in [0.2, 0.25) is 11.8 Å². The van der Waals surface area contributed by atoms with Gasteiger partial charge in [-0.15, -0.1) is 0 Å². The first-order valence-electron chi connectivity index (χ1n) is 10.2. The summed E-state index contributed by atoms with van der Waals surface area (Å²) >= 11 is 0. The number of likely N-dealkylation sites (tertiary alicyclic amines) is 1. The van der Waals surface area contributed by atoms with E-state index in [9.17, 15) is 14.4 Å². The molecule has 2 rings (SSSR count). The Morgan fingerprint density at radius 1 is 1.08 bits per heavy atom. The molecule has 1 saturated carbocycles. The summed E-state index contributed by atoms with van der Waals surface area (Å²) in [4.78, 5) is 40.7. The van der Waals surface area contributed by atoms with Crippen molar-refractivity contribution in [2.45, 2.75) is 71.8 Å². The lowest BCUT2D eigenvalue weighted by atomic mass is 9.84. The minimum Gasteiger partial charge on any atom is -0.466 e. The molecule has 1 unspecified atom stereocenters. The Morgan fingerprint density at radius 3 is 2.23 bits per heavy atom. The fourth-order valence-corrected chi connectivity index (χ4v) is 3.66. The molecule has 6 nitrogen and oxygen atoms in total. The van der Waals surface area contributed by atoms with Crippen molar-refractivity contribution in [2.24, 2.45) is 11.8 Å². The van der Waals surface area contributed by atoms with E-state index in [0.717, 1.165) is 25.7 Å². The van der Waals surface area contributed by atoms with Gasteiger partial charge in [0.05, 0.1) is 12.5 Å². The molecule has 0 aromatic carbocycles. The average Bonchev–Trinajstić information content (AvgIpc) is 2.60. The first-order chi connectivity index (χ1) is 12.5. The lowest BCUT2D eigenvalue weighted by Gasteiger charge is -2.36. The van der Waals surface area contributed by atoms with E-state index < -0.39 is 0 Å². The number of rotatable bonds is 8. The zero-order valence-corrected chi connectivity index (χ0v) is 16.5.